The summed E-state index contributed by atoms with van der Waals surface area (Å²) in [5.41, 5.74) is 5.91. The maximum Gasteiger partial charge on any atom is 0.213 e. The fourth-order valence-corrected chi connectivity index (χ4v) is 4.04. The van der Waals surface area contributed by atoms with Gasteiger partial charge in [0, 0.05) is 23.5 Å². The average Bonchev–Trinajstić information content (AvgIpc) is 3.48. The Morgan fingerprint density at radius 2 is 1.60 bits per heavy atom. The van der Waals surface area contributed by atoms with Crippen molar-refractivity contribution in [3.63, 3.8) is 0 Å². The summed E-state index contributed by atoms with van der Waals surface area (Å²) in [7, 11) is 1.80. The van der Waals surface area contributed by atoms with Gasteiger partial charge in [0.15, 0.2) is 0 Å². The van der Waals surface area contributed by atoms with Gasteiger partial charge in [0.25, 0.3) is 0 Å². The summed E-state index contributed by atoms with van der Waals surface area (Å²) in [6.07, 6.45) is 1.85. The number of Topliss-reactive ketones (excluding diaryl/α,β-unsaturated/α-hetero) is 1. The highest BCUT2D eigenvalue weighted by molar-refractivity contribution is 6.33. The Morgan fingerprint density at radius 3 is 2.26 bits per heavy atom. The number of ketones is 1. The number of aromatic nitrogens is 4. The van der Waals surface area contributed by atoms with Crippen molar-refractivity contribution in [2.24, 2.45) is 0 Å². The zero-order valence-corrected chi connectivity index (χ0v) is 21.0. The molecule has 2 aromatic carbocycles. The van der Waals surface area contributed by atoms with Crippen LogP contribution in [0, 0.1) is 6.92 Å². The second-order valence-electron chi connectivity index (χ2n) is 7.26. The van der Waals surface area contributed by atoms with Gasteiger partial charge in [-0.15, -0.1) is 0 Å². The molecule has 0 fully saturated rings. The summed E-state index contributed by atoms with van der Waals surface area (Å²) in [4.78, 5) is 29.7. The van der Waals surface area contributed by atoms with E-state index >= 15 is 0 Å². The number of hydrogen-bond donors (Lipinski definition) is 3. The largest absolute Gasteiger partial charge is 0.359 e. The second-order valence-corrected chi connectivity index (χ2v) is 7.26. The molecule has 0 aliphatic rings. The second kappa shape index (κ2) is 12.0. The Bertz CT molecular complexity index is 1470. The lowest BCUT2D eigenvalue weighted by atomic mass is 9.95. The summed E-state index contributed by atoms with van der Waals surface area (Å²) in [5.74, 6) is 0.459. The van der Waals surface area contributed by atoms with Crippen LogP contribution in [0.4, 0.5) is 5.95 Å². The predicted molar refractivity (Wildman–Crippen MR) is 151 cm³/mol. The molecule has 0 aliphatic heterocycles. The van der Waals surface area contributed by atoms with Crippen LogP contribution in [0.15, 0.2) is 54.6 Å². The first-order valence-electron chi connectivity index (χ1n) is 11.9. The number of fused-ring (bicyclic) bond motifs is 5. The van der Waals surface area contributed by atoms with Crippen LogP contribution in [0.25, 0.3) is 38.5 Å². The van der Waals surface area contributed by atoms with Crippen LogP contribution in [-0.2, 0) is 0 Å². The molecule has 35 heavy (non-hydrogen) atoms. The van der Waals surface area contributed by atoms with Gasteiger partial charge in [-0.3, -0.25) is 4.79 Å². The van der Waals surface area contributed by atoms with Crippen LogP contribution in [0.1, 0.15) is 63.7 Å². The van der Waals surface area contributed by atoms with Gasteiger partial charge in [0.05, 0.1) is 10.9 Å². The summed E-state index contributed by atoms with van der Waals surface area (Å²) in [5, 5.41) is 4.98. The highest BCUT2D eigenvalue weighted by atomic mass is 16.1. The fourth-order valence-electron chi connectivity index (χ4n) is 4.04. The maximum absolute atomic E-state index is 13.7. The molecule has 0 bridgehead atoms. The average molecular weight is 472 g/mol. The number of aryl methyl sites for hydroxylation is 1. The van der Waals surface area contributed by atoms with Crippen LogP contribution in [-0.4, -0.2) is 32.8 Å². The van der Waals surface area contributed by atoms with Crippen LogP contribution in [0.5, 0.6) is 0 Å². The number of aromatic amines is 2. The van der Waals surface area contributed by atoms with Gasteiger partial charge in [0.2, 0.25) is 11.7 Å². The van der Waals surface area contributed by atoms with E-state index in [-0.39, 0.29) is 13.2 Å². The summed E-state index contributed by atoms with van der Waals surface area (Å²) in [6, 6.07) is 15.9. The molecule has 5 rings (SSSR count). The third-order valence-corrected chi connectivity index (χ3v) is 5.51. The van der Waals surface area contributed by atoms with Crippen molar-refractivity contribution in [1.29, 1.82) is 0 Å². The molecule has 0 radical (unpaired) electrons. The van der Waals surface area contributed by atoms with Crippen LogP contribution in [0.3, 0.4) is 0 Å². The molecule has 3 heterocycles. The number of rotatable bonds is 4. The van der Waals surface area contributed by atoms with E-state index in [1.807, 2.05) is 96.1 Å². The number of nitrogens with one attached hydrogen (secondary N) is 3. The van der Waals surface area contributed by atoms with Gasteiger partial charge < -0.3 is 15.3 Å². The lowest BCUT2D eigenvalue weighted by Crippen LogP contribution is -2.08. The number of nitrogens with zero attached hydrogens (tertiary/aromatic N) is 2. The van der Waals surface area contributed by atoms with Crippen molar-refractivity contribution >= 4 is 50.3 Å². The van der Waals surface area contributed by atoms with Gasteiger partial charge in [-0.2, -0.15) is 0 Å². The zero-order chi connectivity index (χ0) is 24.8. The van der Waals surface area contributed by atoms with E-state index in [9.17, 15) is 4.79 Å². The molecule has 0 aliphatic carbocycles. The number of carbonyl (C=O) groups is 1. The number of hydrogen-bond acceptors (Lipinski definition) is 4. The Labute approximate surface area is 207 Å². The molecule has 3 N–H and O–H groups in total. The minimum atomic E-state index is -0.136. The summed E-state index contributed by atoms with van der Waals surface area (Å²) >= 11 is 0. The zero-order valence-electron chi connectivity index (χ0n) is 21.0. The van der Waals surface area contributed by atoms with Gasteiger partial charge in [-0.25, -0.2) is 9.97 Å². The quantitative estimate of drug-likeness (QED) is 0.183. The van der Waals surface area contributed by atoms with Crippen molar-refractivity contribution in [2.45, 2.75) is 49.0 Å². The van der Waals surface area contributed by atoms with E-state index in [1.54, 1.807) is 7.05 Å². The summed E-state index contributed by atoms with van der Waals surface area (Å²) in [6.45, 7) is 11.9. The van der Waals surface area contributed by atoms with E-state index in [0.29, 0.717) is 28.4 Å². The minimum absolute atomic E-state index is 0. The van der Waals surface area contributed by atoms with E-state index < -0.39 is 0 Å². The van der Waals surface area contributed by atoms with Crippen LogP contribution in [0.2, 0.25) is 0 Å². The van der Waals surface area contributed by atoms with E-state index in [0.717, 1.165) is 32.9 Å². The topological polar surface area (TPSA) is 86.5 Å². The van der Waals surface area contributed by atoms with Crippen LogP contribution < -0.4 is 5.32 Å². The molecule has 0 saturated heterocycles. The first-order valence-corrected chi connectivity index (χ1v) is 11.9. The molecule has 3 aromatic heterocycles. The Hall–Kier alpha value is -3.93. The highest BCUT2D eigenvalue weighted by Gasteiger charge is 2.24. The molecule has 6 heteroatoms. The van der Waals surface area contributed by atoms with Crippen molar-refractivity contribution < 1.29 is 4.79 Å². The number of anilines is 1. The maximum atomic E-state index is 13.7. The molecule has 0 amide bonds. The standard InChI is InChI=1S/C24H21N5O.2C2H6.CH4/c1-4-14(15-10-6-5-9-13(15)2)22(30)21-20-19(28-24(25-3)29-20)18-16-11-7-8-12-17(16)26-23(18)27-21;2*1-2;/h4-12H,1-3H3,(H,26,27)(H2,25,28,29);2*1-2H3;1H4/b14-4+;;;. The van der Waals surface area contributed by atoms with Gasteiger partial charge in [-0.1, -0.05) is 83.7 Å². The smallest absolute Gasteiger partial charge is 0.213 e. The van der Waals surface area contributed by atoms with Crippen LogP contribution >= 0.6 is 0 Å². The Balaban J connectivity index is 0.000000823. The summed E-state index contributed by atoms with van der Waals surface area (Å²) < 4.78 is 0. The first kappa shape index (κ1) is 27.3. The third-order valence-electron chi connectivity index (χ3n) is 5.51. The molecular formula is C29H37N5O. The molecule has 6 nitrogen and oxygen atoms in total. The lowest BCUT2D eigenvalue weighted by Gasteiger charge is -2.10. The van der Waals surface area contributed by atoms with Crippen molar-refractivity contribution in [3.05, 3.63) is 71.4 Å². The lowest BCUT2D eigenvalue weighted by molar-refractivity contribution is 0.105. The number of allylic oxidation sites excluding steroid dienone is 2. The number of H-pyrrole nitrogens is 2. The van der Waals surface area contributed by atoms with E-state index in [2.05, 4.69) is 15.3 Å². The first-order chi connectivity index (χ1) is 16.6. The third kappa shape index (κ3) is 4.83. The van der Waals surface area contributed by atoms with E-state index in [1.165, 1.54) is 0 Å². The number of para-hydroxylation sites is 1. The Morgan fingerprint density at radius 1 is 0.943 bits per heavy atom. The van der Waals surface area contributed by atoms with E-state index in [4.69, 9.17) is 9.97 Å². The van der Waals surface area contributed by atoms with Gasteiger partial charge in [-0.05, 0) is 31.0 Å². The monoisotopic (exact) mass is 471 g/mol. The SMILES string of the molecule is C.C/C=C(/C(=O)c1nc2[nH]c3ccccc3c2c2nc(NC)[nH]c12)c1ccccc1C.CC.CC. The molecule has 5 aromatic rings. The number of carbonyl (C=O) groups excluding carboxylic acids is 1. The predicted octanol–water partition coefficient (Wildman–Crippen LogP) is 7.92. The molecular weight excluding hydrogens is 434 g/mol. The number of benzene rings is 2. The molecule has 0 unspecified atom stereocenters. The van der Waals surface area contributed by atoms with Gasteiger partial charge >= 0.3 is 0 Å². The molecule has 0 spiro atoms. The Kier molecular flexibility index (Phi) is 9.34. The number of imidazole rings is 1. The van der Waals surface area contributed by atoms with Gasteiger partial charge in [0.1, 0.15) is 16.9 Å². The molecule has 0 atom stereocenters. The highest BCUT2D eigenvalue weighted by Crippen LogP contribution is 2.34. The molecule has 0 saturated carbocycles. The van der Waals surface area contributed by atoms with Crippen molar-refractivity contribution in [3.8, 4) is 0 Å². The van der Waals surface area contributed by atoms with Crippen molar-refractivity contribution in [2.75, 3.05) is 12.4 Å². The molecule has 184 valence electrons. The fraction of sp³-hybridized carbons (Fsp3) is 0.276. The van der Waals surface area contributed by atoms with Crippen molar-refractivity contribution in [1.82, 2.24) is 19.9 Å². The normalized spacial score (nSPS) is 10.8. The minimum Gasteiger partial charge on any atom is -0.359 e. The number of pyridine rings is 1.